The quantitative estimate of drug-likeness (QED) is 0.777. The Morgan fingerprint density at radius 1 is 1.43 bits per heavy atom. The number of benzene rings is 1. The van der Waals surface area contributed by atoms with Crippen LogP contribution in [0.2, 0.25) is 5.02 Å². The minimum absolute atomic E-state index is 0.242. The Hall–Kier alpha value is -0.970. The van der Waals surface area contributed by atoms with Crippen molar-refractivity contribution in [2.75, 3.05) is 13.4 Å². The Morgan fingerprint density at radius 2 is 2.29 bits per heavy atom. The topological polar surface area (TPSA) is 53.7 Å². The SMILES string of the molecule is NOCCc1c(Cl)ccc2c1OCO2. The monoisotopic (exact) mass is 215 g/mol. The Morgan fingerprint density at radius 3 is 3.07 bits per heavy atom. The van der Waals surface area contributed by atoms with E-state index in [1.807, 2.05) is 0 Å². The number of halogens is 1. The van der Waals surface area contributed by atoms with Crippen LogP contribution in [0, 0.1) is 0 Å². The van der Waals surface area contributed by atoms with Crippen molar-refractivity contribution in [3.63, 3.8) is 0 Å². The molecule has 0 aromatic heterocycles. The van der Waals surface area contributed by atoms with Crippen LogP contribution < -0.4 is 15.4 Å². The Kier molecular flexibility index (Phi) is 2.77. The largest absolute Gasteiger partial charge is 0.454 e. The number of rotatable bonds is 3. The van der Waals surface area contributed by atoms with Crippen LogP contribution in [0.25, 0.3) is 0 Å². The summed E-state index contributed by atoms with van der Waals surface area (Å²) in [6.07, 6.45) is 0.613. The molecule has 0 radical (unpaired) electrons. The molecular weight excluding hydrogens is 206 g/mol. The van der Waals surface area contributed by atoms with Crippen LogP contribution in [-0.4, -0.2) is 13.4 Å². The standard InChI is InChI=1S/C9H10ClNO3/c10-7-1-2-8-9(13-5-12-8)6(7)3-4-14-11/h1-2H,3-5,11H2. The van der Waals surface area contributed by atoms with E-state index in [-0.39, 0.29) is 6.79 Å². The number of fused-ring (bicyclic) bond motifs is 1. The van der Waals surface area contributed by atoms with Crippen molar-refractivity contribution in [2.24, 2.45) is 5.90 Å². The number of hydrogen-bond acceptors (Lipinski definition) is 4. The van der Waals surface area contributed by atoms with Crippen molar-refractivity contribution >= 4 is 11.6 Å². The molecule has 0 spiro atoms. The molecule has 1 aromatic carbocycles. The Labute approximate surface area is 86.5 Å². The Balaban J connectivity index is 2.31. The van der Waals surface area contributed by atoms with Crippen LogP contribution in [-0.2, 0) is 11.3 Å². The van der Waals surface area contributed by atoms with Crippen LogP contribution in [0.3, 0.4) is 0 Å². The molecule has 0 atom stereocenters. The molecule has 5 heteroatoms. The van der Waals surface area contributed by atoms with Gasteiger partial charge in [-0.3, -0.25) is 0 Å². The lowest BCUT2D eigenvalue weighted by Gasteiger charge is -2.06. The molecule has 2 rings (SSSR count). The van der Waals surface area contributed by atoms with E-state index in [0.717, 1.165) is 11.3 Å². The zero-order valence-electron chi connectivity index (χ0n) is 7.46. The average Bonchev–Trinajstić information content (AvgIpc) is 2.64. The molecule has 4 nitrogen and oxygen atoms in total. The van der Waals surface area contributed by atoms with E-state index < -0.39 is 0 Å². The number of hydrogen-bond donors (Lipinski definition) is 1. The van der Waals surface area contributed by atoms with Gasteiger partial charge in [0.25, 0.3) is 0 Å². The third-order valence-electron chi connectivity index (χ3n) is 2.05. The van der Waals surface area contributed by atoms with E-state index in [9.17, 15) is 0 Å². The first-order valence-corrected chi connectivity index (χ1v) is 4.59. The van der Waals surface area contributed by atoms with Crippen LogP contribution in [0.5, 0.6) is 11.5 Å². The fourth-order valence-corrected chi connectivity index (χ4v) is 1.64. The molecule has 0 unspecified atom stereocenters. The molecule has 0 amide bonds. The lowest BCUT2D eigenvalue weighted by atomic mass is 10.1. The van der Waals surface area contributed by atoms with Gasteiger partial charge in [0.1, 0.15) is 0 Å². The van der Waals surface area contributed by atoms with Crippen molar-refractivity contribution in [2.45, 2.75) is 6.42 Å². The van der Waals surface area contributed by atoms with Crippen LogP contribution in [0.1, 0.15) is 5.56 Å². The highest BCUT2D eigenvalue weighted by atomic mass is 35.5. The number of nitrogens with two attached hydrogens (primary N) is 1. The summed E-state index contributed by atoms with van der Waals surface area (Å²) >= 11 is 6.01. The van der Waals surface area contributed by atoms with E-state index in [0.29, 0.717) is 23.8 Å². The summed E-state index contributed by atoms with van der Waals surface area (Å²) in [4.78, 5) is 4.51. The third-order valence-corrected chi connectivity index (χ3v) is 2.41. The molecule has 1 aliphatic heterocycles. The van der Waals surface area contributed by atoms with Crippen LogP contribution >= 0.6 is 11.6 Å². The molecule has 0 aliphatic carbocycles. The minimum Gasteiger partial charge on any atom is -0.454 e. The minimum atomic E-state index is 0.242. The zero-order chi connectivity index (χ0) is 9.97. The van der Waals surface area contributed by atoms with Crippen molar-refractivity contribution in [3.8, 4) is 11.5 Å². The van der Waals surface area contributed by atoms with Gasteiger partial charge < -0.3 is 14.3 Å². The second-order valence-corrected chi connectivity index (χ2v) is 3.29. The van der Waals surface area contributed by atoms with Crippen molar-refractivity contribution in [1.29, 1.82) is 0 Å². The molecule has 2 N–H and O–H groups in total. The fraction of sp³-hybridized carbons (Fsp3) is 0.333. The van der Waals surface area contributed by atoms with E-state index >= 15 is 0 Å². The first-order valence-electron chi connectivity index (χ1n) is 4.21. The van der Waals surface area contributed by atoms with E-state index in [4.69, 9.17) is 27.0 Å². The predicted octanol–water partition coefficient (Wildman–Crippen LogP) is 1.50. The maximum atomic E-state index is 6.01. The molecule has 1 heterocycles. The van der Waals surface area contributed by atoms with Crippen LogP contribution in [0.15, 0.2) is 12.1 Å². The lowest BCUT2D eigenvalue weighted by Crippen LogP contribution is -2.04. The molecule has 76 valence electrons. The van der Waals surface area contributed by atoms with E-state index in [1.54, 1.807) is 12.1 Å². The van der Waals surface area contributed by atoms with Crippen molar-refractivity contribution in [1.82, 2.24) is 0 Å². The van der Waals surface area contributed by atoms with Gasteiger partial charge in [-0.2, -0.15) is 0 Å². The molecule has 0 fully saturated rings. The summed E-state index contributed by atoms with van der Waals surface area (Å²) in [5, 5.41) is 0.645. The highest BCUT2D eigenvalue weighted by Gasteiger charge is 2.19. The van der Waals surface area contributed by atoms with Crippen LogP contribution in [0.4, 0.5) is 0 Å². The van der Waals surface area contributed by atoms with Gasteiger partial charge in [-0.25, -0.2) is 5.90 Å². The highest BCUT2D eigenvalue weighted by Crippen LogP contribution is 2.39. The maximum absolute atomic E-state index is 6.01. The second kappa shape index (κ2) is 4.04. The van der Waals surface area contributed by atoms with E-state index in [2.05, 4.69) is 4.84 Å². The molecule has 0 saturated carbocycles. The second-order valence-electron chi connectivity index (χ2n) is 2.88. The molecule has 14 heavy (non-hydrogen) atoms. The van der Waals surface area contributed by atoms with Gasteiger partial charge in [-0.1, -0.05) is 11.6 Å². The fourth-order valence-electron chi connectivity index (χ4n) is 1.40. The molecule has 0 bridgehead atoms. The molecule has 0 saturated heterocycles. The van der Waals surface area contributed by atoms with Gasteiger partial charge in [-0.05, 0) is 12.1 Å². The average molecular weight is 216 g/mol. The summed E-state index contributed by atoms with van der Waals surface area (Å²) in [6, 6.07) is 3.57. The smallest absolute Gasteiger partial charge is 0.231 e. The normalized spacial score (nSPS) is 13.3. The van der Waals surface area contributed by atoms with Gasteiger partial charge in [-0.15, -0.1) is 0 Å². The van der Waals surface area contributed by atoms with Gasteiger partial charge in [0.2, 0.25) is 6.79 Å². The first-order chi connectivity index (χ1) is 6.83. The third kappa shape index (κ3) is 1.64. The summed E-state index contributed by atoms with van der Waals surface area (Å²) in [7, 11) is 0. The van der Waals surface area contributed by atoms with Gasteiger partial charge in [0.15, 0.2) is 11.5 Å². The lowest BCUT2D eigenvalue weighted by molar-refractivity contribution is 0.139. The van der Waals surface area contributed by atoms with Crippen molar-refractivity contribution < 1.29 is 14.3 Å². The van der Waals surface area contributed by atoms with Gasteiger partial charge in [0.05, 0.1) is 6.61 Å². The highest BCUT2D eigenvalue weighted by molar-refractivity contribution is 6.31. The van der Waals surface area contributed by atoms with Gasteiger partial charge in [0, 0.05) is 17.0 Å². The summed E-state index contributed by atoms with van der Waals surface area (Å²) < 4.78 is 10.5. The molecule has 1 aliphatic rings. The number of ether oxygens (including phenoxy) is 2. The van der Waals surface area contributed by atoms with Gasteiger partial charge >= 0.3 is 0 Å². The zero-order valence-corrected chi connectivity index (χ0v) is 8.21. The Bertz CT molecular complexity index is 343. The van der Waals surface area contributed by atoms with E-state index in [1.165, 1.54) is 0 Å². The molecular formula is C9H10ClNO3. The summed E-state index contributed by atoms with van der Waals surface area (Å²) in [5.41, 5.74) is 0.882. The first kappa shape index (κ1) is 9.58. The molecule has 1 aromatic rings. The summed E-state index contributed by atoms with van der Waals surface area (Å²) in [5.74, 6) is 6.38. The summed E-state index contributed by atoms with van der Waals surface area (Å²) in [6.45, 7) is 0.645. The predicted molar refractivity (Wildman–Crippen MR) is 51.4 cm³/mol. The van der Waals surface area contributed by atoms with Crippen molar-refractivity contribution in [3.05, 3.63) is 22.7 Å². The maximum Gasteiger partial charge on any atom is 0.231 e.